The molecule has 0 spiro atoms. The molecule has 4 rings (SSSR count). The molecule has 0 bridgehead atoms. The number of nitrogen functional groups attached to an aromatic ring is 1. The number of halogens is 3. The van der Waals surface area contributed by atoms with E-state index in [0.29, 0.717) is 17.2 Å². The van der Waals surface area contributed by atoms with E-state index in [1.54, 1.807) is 39.6 Å². The summed E-state index contributed by atoms with van der Waals surface area (Å²) in [6.45, 7) is 7.22. The lowest BCUT2D eigenvalue weighted by molar-refractivity contribution is -0.138. The third-order valence-corrected chi connectivity index (χ3v) is 7.54. The third-order valence-electron chi connectivity index (χ3n) is 7.54. The summed E-state index contributed by atoms with van der Waals surface area (Å²) in [4.78, 5) is 23.7. The Bertz CT molecular complexity index is 1380. The van der Waals surface area contributed by atoms with Crippen LogP contribution in [0.15, 0.2) is 36.4 Å². The van der Waals surface area contributed by atoms with Gasteiger partial charge in [0.25, 0.3) is 0 Å². The van der Waals surface area contributed by atoms with Gasteiger partial charge in [0.05, 0.1) is 22.7 Å². The Labute approximate surface area is 233 Å². The molecule has 1 atom stereocenters. The Morgan fingerprint density at radius 1 is 1.12 bits per heavy atom. The summed E-state index contributed by atoms with van der Waals surface area (Å²) < 4.78 is 40.1. The number of hydrogen-bond donors (Lipinski definition) is 3. The molecule has 0 unspecified atom stereocenters. The van der Waals surface area contributed by atoms with Crippen LogP contribution < -0.4 is 11.1 Å². The van der Waals surface area contributed by atoms with Gasteiger partial charge >= 0.3 is 6.18 Å². The van der Waals surface area contributed by atoms with Crippen LogP contribution in [0.3, 0.4) is 0 Å². The zero-order chi connectivity index (χ0) is 29.4. The van der Waals surface area contributed by atoms with Crippen LogP contribution in [0.1, 0.15) is 80.9 Å². The number of carbonyl (C=O) groups excluding carboxylic acids is 1. The Balaban J connectivity index is 1.53. The highest BCUT2D eigenvalue weighted by atomic mass is 19.4. The molecule has 0 aliphatic heterocycles. The molecule has 1 aliphatic rings. The number of carbonyl (C=O) groups is 1. The van der Waals surface area contributed by atoms with E-state index in [4.69, 9.17) is 5.73 Å². The lowest BCUT2D eigenvalue weighted by atomic mass is 9.78. The van der Waals surface area contributed by atoms with Crippen LogP contribution in [0.4, 0.5) is 24.7 Å². The van der Waals surface area contributed by atoms with Gasteiger partial charge in [-0.25, -0.2) is 9.97 Å². The minimum absolute atomic E-state index is 0.0461. The minimum atomic E-state index is -4.49. The van der Waals surface area contributed by atoms with E-state index in [-0.39, 0.29) is 30.0 Å². The number of rotatable bonds is 7. The van der Waals surface area contributed by atoms with Crippen molar-refractivity contribution < 1.29 is 23.1 Å². The second kappa shape index (κ2) is 11.2. The standard InChI is InChI=1S/C30H38F3N5O2/c1-17(22-12-23(30(31,32)33)15-24(34)13-22)35-27-25-14-21(10-11-26(25)36-18(2)37-27)19-6-8-20(9-7-19)28(39)38(5)16-29(3,4)40/h10-15,17,19-20,40H,6-9,16,34H2,1-5H3,(H,35,36,37)/t17-,19-,20+/m1/s1. The Morgan fingerprint density at radius 3 is 2.42 bits per heavy atom. The molecule has 0 saturated heterocycles. The summed E-state index contributed by atoms with van der Waals surface area (Å²) in [5.74, 6) is 1.37. The molecule has 7 nitrogen and oxygen atoms in total. The van der Waals surface area contributed by atoms with E-state index in [9.17, 15) is 23.1 Å². The molecule has 0 radical (unpaired) electrons. The quantitative estimate of drug-likeness (QED) is 0.298. The maximum Gasteiger partial charge on any atom is 0.416 e. The number of hydrogen-bond acceptors (Lipinski definition) is 6. The minimum Gasteiger partial charge on any atom is -0.399 e. The fraction of sp³-hybridized carbons (Fsp3) is 0.500. The monoisotopic (exact) mass is 557 g/mol. The number of benzene rings is 2. The van der Waals surface area contributed by atoms with Crippen LogP contribution in [0.5, 0.6) is 0 Å². The van der Waals surface area contributed by atoms with Crippen LogP contribution in [0.2, 0.25) is 0 Å². The molecule has 1 fully saturated rings. The first kappa shape index (κ1) is 29.6. The van der Waals surface area contributed by atoms with Crippen molar-refractivity contribution in [2.24, 2.45) is 5.92 Å². The highest BCUT2D eigenvalue weighted by Crippen LogP contribution is 2.39. The Morgan fingerprint density at radius 2 is 1.80 bits per heavy atom. The van der Waals surface area contributed by atoms with Crippen molar-refractivity contribution in [2.45, 2.75) is 77.1 Å². The number of nitrogens with two attached hydrogens (primary N) is 1. The Kier molecular flexibility index (Phi) is 8.31. The summed E-state index contributed by atoms with van der Waals surface area (Å²) in [6, 6.07) is 9.14. The van der Waals surface area contributed by atoms with Gasteiger partial charge in [0, 0.05) is 30.6 Å². The van der Waals surface area contributed by atoms with Crippen molar-refractivity contribution >= 4 is 28.3 Å². The lowest BCUT2D eigenvalue weighted by Crippen LogP contribution is -2.43. The molecule has 1 saturated carbocycles. The zero-order valence-corrected chi connectivity index (χ0v) is 23.6. The molecule has 10 heteroatoms. The molecule has 2 aromatic carbocycles. The number of aromatic nitrogens is 2. The first-order chi connectivity index (χ1) is 18.6. The predicted octanol–water partition coefficient (Wildman–Crippen LogP) is 6.22. The van der Waals surface area contributed by atoms with Gasteiger partial charge in [-0.1, -0.05) is 6.07 Å². The maximum absolute atomic E-state index is 13.4. The van der Waals surface area contributed by atoms with Gasteiger partial charge in [-0.15, -0.1) is 0 Å². The normalized spacial score (nSPS) is 18.9. The number of alkyl halides is 3. The number of aliphatic hydroxyl groups is 1. The molecule has 1 heterocycles. The maximum atomic E-state index is 13.4. The molecule has 40 heavy (non-hydrogen) atoms. The molecule has 1 aromatic heterocycles. The van der Waals surface area contributed by atoms with Crippen molar-refractivity contribution in [2.75, 3.05) is 24.6 Å². The summed E-state index contributed by atoms with van der Waals surface area (Å²) in [5, 5.41) is 14.1. The number of nitrogens with zero attached hydrogens (tertiary/aromatic N) is 3. The van der Waals surface area contributed by atoms with Crippen molar-refractivity contribution in [3.05, 3.63) is 58.9 Å². The molecule has 216 valence electrons. The van der Waals surface area contributed by atoms with Crippen molar-refractivity contribution in [3.63, 3.8) is 0 Å². The van der Waals surface area contributed by atoms with Gasteiger partial charge in [0.1, 0.15) is 11.6 Å². The van der Waals surface area contributed by atoms with Crippen LogP contribution >= 0.6 is 0 Å². The Hall–Kier alpha value is -3.40. The van der Waals surface area contributed by atoms with Gasteiger partial charge in [-0.05, 0) is 101 Å². The summed E-state index contributed by atoms with van der Waals surface area (Å²) in [6.07, 6.45) is -1.25. The van der Waals surface area contributed by atoms with Crippen LogP contribution in [-0.4, -0.2) is 45.1 Å². The fourth-order valence-electron chi connectivity index (χ4n) is 5.65. The van der Waals surface area contributed by atoms with E-state index >= 15 is 0 Å². The first-order valence-electron chi connectivity index (χ1n) is 13.6. The number of aryl methyl sites for hydroxylation is 1. The molecule has 1 amide bonds. The van der Waals surface area contributed by atoms with Crippen LogP contribution in [0.25, 0.3) is 10.9 Å². The van der Waals surface area contributed by atoms with Crippen LogP contribution in [0, 0.1) is 12.8 Å². The molecular weight excluding hydrogens is 519 g/mol. The second-order valence-electron chi connectivity index (χ2n) is 11.7. The zero-order valence-electron chi connectivity index (χ0n) is 23.6. The van der Waals surface area contributed by atoms with Gasteiger partial charge in [0.2, 0.25) is 5.91 Å². The second-order valence-corrected chi connectivity index (χ2v) is 11.7. The van der Waals surface area contributed by atoms with Gasteiger partial charge < -0.3 is 21.1 Å². The number of amides is 1. The summed E-state index contributed by atoms with van der Waals surface area (Å²) in [7, 11) is 1.74. The van der Waals surface area contributed by atoms with Gasteiger partial charge in [-0.2, -0.15) is 13.2 Å². The van der Waals surface area contributed by atoms with Crippen molar-refractivity contribution in [1.82, 2.24) is 14.9 Å². The average Bonchev–Trinajstić information content (AvgIpc) is 2.86. The van der Waals surface area contributed by atoms with Crippen molar-refractivity contribution in [3.8, 4) is 0 Å². The number of fused-ring (bicyclic) bond motifs is 1. The molecule has 4 N–H and O–H groups in total. The van der Waals surface area contributed by atoms with E-state index < -0.39 is 23.4 Å². The van der Waals surface area contributed by atoms with E-state index in [1.165, 1.54) is 6.07 Å². The van der Waals surface area contributed by atoms with E-state index in [0.717, 1.165) is 54.3 Å². The smallest absolute Gasteiger partial charge is 0.399 e. The predicted molar refractivity (Wildman–Crippen MR) is 151 cm³/mol. The number of likely N-dealkylation sites (N-methyl/N-ethyl adjacent to an activating group) is 1. The topological polar surface area (TPSA) is 104 Å². The molecule has 1 aliphatic carbocycles. The SMILES string of the molecule is Cc1nc(N[C@H](C)c2cc(N)cc(C(F)(F)F)c2)c2cc([C@H]3CC[C@@H](C(=O)N(C)CC(C)(C)O)CC3)ccc2n1. The van der Waals surface area contributed by atoms with Crippen LogP contribution in [-0.2, 0) is 11.0 Å². The largest absolute Gasteiger partial charge is 0.416 e. The van der Waals surface area contributed by atoms with E-state index in [2.05, 4.69) is 27.4 Å². The number of nitrogens with one attached hydrogen (secondary N) is 1. The average molecular weight is 558 g/mol. The molecule has 3 aromatic rings. The summed E-state index contributed by atoms with van der Waals surface area (Å²) in [5.41, 5.74) is 6.37. The lowest BCUT2D eigenvalue weighted by Gasteiger charge is -2.33. The van der Waals surface area contributed by atoms with Gasteiger partial charge in [0.15, 0.2) is 0 Å². The van der Waals surface area contributed by atoms with Gasteiger partial charge in [-0.3, -0.25) is 4.79 Å². The third kappa shape index (κ3) is 7.02. The number of anilines is 2. The van der Waals surface area contributed by atoms with Crippen molar-refractivity contribution in [1.29, 1.82) is 0 Å². The fourth-order valence-corrected chi connectivity index (χ4v) is 5.65. The molecular formula is C30H38F3N5O2. The first-order valence-corrected chi connectivity index (χ1v) is 13.6. The highest BCUT2D eigenvalue weighted by Gasteiger charge is 2.32. The van der Waals surface area contributed by atoms with E-state index in [1.807, 2.05) is 6.07 Å². The highest BCUT2D eigenvalue weighted by molar-refractivity contribution is 5.90. The summed E-state index contributed by atoms with van der Waals surface area (Å²) >= 11 is 0.